The molecule has 0 saturated heterocycles. The zero-order valence-corrected chi connectivity index (χ0v) is 13.8. The van der Waals surface area contributed by atoms with Crippen LogP contribution < -0.4 is 16.2 Å². The van der Waals surface area contributed by atoms with Gasteiger partial charge in [0.25, 0.3) is 0 Å². The SMILES string of the molecule is O=C(Cc1ccc(F)cc1)NNC(=O)NCc1cc(Br)cs1. The van der Waals surface area contributed by atoms with E-state index < -0.39 is 6.03 Å². The van der Waals surface area contributed by atoms with Gasteiger partial charge < -0.3 is 5.32 Å². The highest BCUT2D eigenvalue weighted by Gasteiger charge is 2.06. The molecular formula is C14H13BrFN3O2S. The topological polar surface area (TPSA) is 70.2 Å². The first-order valence-corrected chi connectivity index (χ1v) is 8.00. The fourth-order valence-corrected chi connectivity index (χ4v) is 3.01. The summed E-state index contributed by atoms with van der Waals surface area (Å²) in [5, 5.41) is 4.53. The summed E-state index contributed by atoms with van der Waals surface area (Å²) in [5.41, 5.74) is 5.20. The van der Waals surface area contributed by atoms with Crippen molar-refractivity contribution in [2.24, 2.45) is 0 Å². The molecule has 1 aromatic heterocycles. The molecule has 0 bridgehead atoms. The molecule has 2 rings (SSSR count). The van der Waals surface area contributed by atoms with E-state index in [-0.39, 0.29) is 18.1 Å². The smallest absolute Gasteiger partial charge is 0.332 e. The first-order chi connectivity index (χ1) is 10.5. The minimum Gasteiger partial charge on any atom is -0.332 e. The molecule has 116 valence electrons. The zero-order valence-electron chi connectivity index (χ0n) is 11.4. The molecular weight excluding hydrogens is 373 g/mol. The second-order valence-corrected chi connectivity index (χ2v) is 6.30. The number of carbonyl (C=O) groups is 2. The Balaban J connectivity index is 1.69. The summed E-state index contributed by atoms with van der Waals surface area (Å²) in [4.78, 5) is 24.1. The number of benzene rings is 1. The standard InChI is InChI=1S/C14H13BrFN3O2S/c15-10-6-12(22-8-10)7-17-14(21)19-18-13(20)5-9-1-3-11(16)4-2-9/h1-4,6,8H,5,7H2,(H,18,20)(H2,17,19,21). The maximum absolute atomic E-state index is 12.7. The highest BCUT2D eigenvalue weighted by molar-refractivity contribution is 9.10. The largest absolute Gasteiger partial charge is 0.333 e. The van der Waals surface area contributed by atoms with Crippen LogP contribution >= 0.6 is 27.3 Å². The van der Waals surface area contributed by atoms with E-state index in [0.29, 0.717) is 12.1 Å². The van der Waals surface area contributed by atoms with Crippen molar-refractivity contribution in [2.75, 3.05) is 0 Å². The van der Waals surface area contributed by atoms with Crippen LogP contribution in [0.5, 0.6) is 0 Å². The molecule has 0 saturated carbocycles. The van der Waals surface area contributed by atoms with Gasteiger partial charge in [0.15, 0.2) is 0 Å². The van der Waals surface area contributed by atoms with Crippen molar-refractivity contribution in [3.05, 3.63) is 56.4 Å². The molecule has 0 aliphatic rings. The molecule has 0 spiro atoms. The molecule has 8 heteroatoms. The van der Waals surface area contributed by atoms with E-state index in [0.717, 1.165) is 9.35 Å². The lowest BCUT2D eigenvalue weighted by Gasteiger charge is -2.08. The summed E-state index contributed by atoms with van der Waals surface area (Å²) in [7, 11) is 0. The lowest BCUT2D eigenvalue weighted by atomic mass is 10.1. The van der Waals surface area contributed by atoms with Crippen molar-refractivity contribution < 1.29 is 14.0 Å². The molecule has 0 fully saturated rings. The zero-order chi connectivity index (χ0) is 15.9. The second-order valence-electron chi connectivity index (χ2n) is 4.39. The van der Waals surface area contributed by atoms with Crippen LogP contribution in [0.25, 0.3) is 0 Å². The summed E-state index contributed by atoms with van der Waals surface area (Å²) in [6.07, 6.45) is 0.0540. The Hall–Kier alpha value is -1.93. The highest BCUT2D eigenvalue weighted by Crippen LogP contribution is 2.19. The maximum atomic E-state index is 12.7. The van der Waals surface area contributed by atoms with Gasteiger partial charge in [-0.1, -0.05) is 12.1 Å². The monoisotopic (exact) mass is 385 g/mol. The molecule has 0 unspecified atom stereocenters. The fraction of sp³-hybridized carbons (Fsp3) is 0.143. The second kappa shape index (κ2) is 7.90. The Morgan fingerprint density at radius 3 is 2.55 bits per heavy atom. The summed E-state index contributed by atoms with van der Waals surface area (Å²) in [6.45, 7) is 0.371. The summed E-state index contributed by atoms with van der Waals surface area (Å²) in [6, 6.07) is 6.99. The number of rotatable bonds is 4. The van der Waals surface area contributed by atoms with E-state index in [1.54, 1.807) is 0 Å². The van der Waals surface area contributed by atoms with Crippen LogP contribution in [0, 0.1) is 5.82 Å². The van der Waals surface area contributed by atoms with E-state index in [1.165, 1.54) is 35.6 Å². The third-order valence-electron chi connectivity index (χ3n) is 2.64. The van der Waals surface area contributed by atoms with Crippen LogP contribution in [-0.2, 0) is 17.8 Å². The number of halogens is 2. The summed E-state index contributed by atoms with van der Waals surface area (Å²) >= 11 is 4.84. The van der Waals surface area contributed by atoms with Gasteiger partial charge in [-0.3, -0.25) is 10.2 Å². The van der Waals surface area contributed by atoms with Crippen LogP contribution in [0.4, 0.5) is 9.18 Å². The van der Waals surface area contributed by atoms with Crippen molar-refractivity contribution in [3.8, 4) is 0 Å². The van der Waals surface area contributed by atoms with E-state index in [1.807, 2.05) is 11.4 Å². The average molecular weight is 386 g/mol. The van der Waals surface area contributed by atoms with Crippen LogP contribution in [-0.4, -0.2) is 11.9 Å². The quantitative estimate of drug-likeness (QED) is 0.708. The van der Waals surface area contributed by atoms with Crippen LogP contribution in [0.2, 0.25) is 0 Å². The van der Waals surface area contributed by atoms with E-state index >= 15 is 0 Å². The minimum atomic E-state index is -0.503. The predicted octanol–water partition coefficient (Wildman–Crippen LogP) is 2.72. The van der Waals surface area contributed by atoms with Gasteiger partial charge in [0, 0.05) is 14.7 Å². The first kappa shape index (κ1) is 16.4. The summed E-state index contributed by atoms with van der Waals surface area (Å²) < 4.78 is 13.7. The number of nitrogens with one attached hydrogen (secondary N) is 3. The van der Waals surface area contributed by atoms with Crippen molar-refractivity contribution in [1.29, 1.82) is 0 Å². The van der Waals surface area contributed by atoms with Crippen LogP contribution in [0.3, 0.4) is 0 Å². The van der Waals surface area contributed by atoms with Gasteiger partial charge in [0.2, 0.25) is 5.91 Å². The number of thiophene rings is 1. The molecule has 0 atom stereocenters. The Morgan fingerprint density at radius 2 is 1.91 bits per heavy atom. The van der Waals surface area contributed by atoms with Gasteiger partial charge in [-0.2, -0.15) is 0 Å². The Morgan fingerprint density at radius 1 is 1.18 bits per heavy atom. The number of urea groups is 1. The minimum absolute atomic E-state index is 0.0540. The number of carbonyl (C=O) groups excluding carboxylic acids is 2. The molecule has 0 aliphatic carbocycles. The molecule has 3 N–H and O–H groups in total. The normalized spacial score (nSPS) is 10.1. The third-order valence-corrected chi connectivity index (χ3v) is 4.34. The van der Waals surface area contributed by atoms with Gasteiger partial charge in [0.05, 0.1) is 13.0 Å². The van der Waals surface area contributed by atoms with Gasteiger partial charge in [0.1, 0.15) is 5.82 Å². The van der Waals surface area contributed by atoms with Crippen LogP contribution in [0.1, 0.15) is 10.4 Å². The molecule has 1 heterocycles. The highest BCUT2D eigenvalue weighted by atomic mass is 79.9. The molecule has 1 aromatic carbocycles. The van der Waals surface area contributed by atoms with E-state index in [9.17, 15) is 14.0 Å². The molecule has 2 aromatic rings. The maximum Gasteiger partial charge on any atom is 0.333 e. The average Bonchev–Trinajstić information content (AvgIpc) is 2.91. The molecule has 5 nitrogen and oxygen atoms in total. The van der Waals surface area contributed by atoms with Crippen molar-refractivity contribution in [2.45, 2.75) is 13.0 Å². The lowest BCUT2D eigenvalue weighted by molar-refractivity contribution is -0.121. The Labute approximate surface area is 139 Å². The van der Waals surface area contributed by atoms with Gasteiger partial charge in [-0.15, -0.1) is 11.3 Å². The van der Waals surface area contributed by atoms with Crippen molar-refractivity contribution >= 4 is 39.2 Å². The number of amides is 3. The Bertz CT molecular complexity index is 660. The summed E-state index contributed by atoms with van der Waals surface area (Å²) in [5.74, 6) is -0.748. The number of hydrogen-bond donors (Lipinski definition) is 3. The van der Waals surface area contributed by atoms with Crippen LogP contribution in [0.15, 0.2) is 40.2 Å². The van der Waals surface area contributed by atoms with Gasteiger partial charge >= 0.3 is 6.03 Å². The van der Waals surface area contributed by atoms with Gasteiger partial charge in [-0.25, -0.2) is 14.6 Å². The number of hydrazine groups is 1. The van der Waals surface area contributed by atoms with Crippen molar-refractivity contribution in [1.82, 2.24) is 16.2 Å². The van der Waals surface area contributed by atoms with Gasteiger partial charge in [-0.05, 0) is 39.7 Å². The Kier molecular flexibility index (Phi) is 5.91. The fourth-order valence-electron chi connectivity index (χ4n) is 1.62. The third kappa shape index (κ3) is 5.45. The number of hydrogen-bond acceptors (Lipinski definition) is 3. The lowest BCUT2D eigenvalue weighted by Crippen LogP contribution is -2.47. The molecule has 0 radical (unpaired) electrons. The molecule has 0 aliphatic heterocycles. The predicted molar refractivity (Wildman–Crippen MR) is 85.6 cm³/mol. The van der Waals surface area contributed by atoms with E-state index in [4.69, 9.17) is 0 Å². The molecule has 22 heavy (non-hydrogen) atoms. The van der Waals surface area contributed by atoms with E-state index in [2.05, 4.69) is 32.1 Å². The molecule has 3 amide bonds. The first-order valence-electron chi connectivity index (χ1n) is 6.33. The van der Waals surface area contributed by atoms with Crippen molar-refractivity contribution in [3.63, 3.8) is 0 Å².